The lowest BCUT2D eigenvalue weighted by molar-refractivity contribution is -0.0175. The number of hydrogen-bond acceptors (Lipinski definition) is 5. The van der Waals surface area contributed by atoms with E-state index in [9.17, 15) is 4.79 Å². The average Bonchev–Trinajstić information content (AvgIpc) is 2.44. The smallest absolute Gasteiger partial charge is 0.251 e. The molecule has 0 spiro atoms. The minimum Gasteiger partial charge on any atom is -0.495 e. The molecule has 0 radical (unpaired) electrons. The van der Waals surface area contributed by atoms with Crippen molar-refractivity contribution in [3.8, 4) is 5.75 Å². The maximum Gasteiger partial charge on any atom is 0.251 e. The summed E-state index contributed by atoms with van der Waals surface area (Å²) in [7, 11) is 3.59. The topological polar surface area (TPSA) is 76.8 Å². The third-order valence-corrected chi connectivity index (χ3v) is 3.32. The van der Waals surface area contributed by atoms with E-state index in [4.69, 9.17) is 15.2 Å². The molecule has 110 valence electrons. The molecule has 20 heavy (non-hydrogen) atoms. The Morgan fingerprint density at radius 3 is 3.05 bits per heavy atom. The minimum atomic E-state index is -0.156. The number of nitrogen functional groups attached to an aromatic ring is 1. The Morgan fingerprint density at radius 2 is 2.40 bits per heavy atom. The number of likely N-dealkylation sites (N-methyl/N-ethyl adjacent to an activating group) is 1. The van der Waals surface area contributed by atoms with Gasteiger partial charge in [-0.05, 0) is 25.2 Å². The van der Waals surface area contributed by atoms with Crippen LogP contribution in [0.2, 0.25) is 0 Å². The van der Waals surface area contributed by atoms with Gasteiger partial charge in [0, 0.05) is 25.2 Å². The highest BCUT2D eigenvalue weighted by atomic mass is 16.5. The number of amides is 1. The van der Waals surface area contributed by atoms with Crippen LogP contribution in [-0.2, 0) is 4.74 Å². The van der Waals surface area contributed by atoms with E-state index < -0.39 is 0 Å². The van der Waals surface area contributed by atoms with E-state index in [1.165, 1.54) is 0 Å². The van der Waals surface area contributed by atoms with Gasteiger partial charge in [0.1, 0.15) is 5.75 Å². The number of nitrogens with one attached hydrogen (secondary N) is 1. The molecular weight excluding hydrogens is 258 g/mol. The van der Waals surface area contributed by atoms with E-state index in [-0.39, 0.29) is 12.0 Å². The number of carbonyl (C=O) groups excluding carboxylic acids is 1. The Labute approximate surface area is 118 Å². The number of rotatable bonds is 4. The Hall–Kier alpha value is -1.79. The molecule has 1 aromatic rings. The number of hydrogen-bond donors (Lipinski definition) is 2. The van der Waals surface area contributed by atoms with Gasteiger partial charge in [-0.1, -0.05) is 0 Å². The monoisotopic (exact) mass is 279 g/mol. The van der Waals surface area contributed by atoms with Crippen LogP contribution in [0.4, 0.5) is 5.69 Å². The highest BCUT2D eigenvalue weighted by Gasteiger charge is 2.18. The third-order valence-electron chi connectivity index (χ3n) is 3.32. The molecule has 1 fully saturated rings. The SMILES string of the molecule is COc1ccc(C(=O)NCC2CN(C)CCO2)cc1N. The second kappa shape index (κ2) is 6.58. The Balaban J connectivity index is 1.90. The molecule has 0 saturated carbocycles. The molecule has 1 aliphatic rings. The number of benzene rings is 1. The number of nitrogens with two attached hydrogens (primary N) is 1. The summed E-state index contributed by atoms with van der Waals surface area (Å²) in [6.45, 7) is 2.95. The van der Waals surface area contributed by atoms with Gasteiger partial charge in [-0.3, -0.25) is 4.79 Å². The maximum atomic E-state index is 12.0. The lowest BCUT2D eigenvalue weighted by atomic mass is 10.1. The second-order valence-corrected chi connectivity index (χ2v) is 4.92. The molecule has 0 bridgehead atoms. The Kier molecular flexibility index (Phi) is 4.81. The summed E-state index contributed by atoms with van der Waals surface area (Å²) in [5.74, 6) is 0.412. The van der Waals surface area contributed by atoms with Crippen molar-refractivity contribution < 1.29 is 14.3 Å². The van der Waals surface area contributed by atoms with Crippen LogP contribution in [0.1, 0.15) is 10.4 Å². The zero-order valence-corrected chi connectivity index (χ0v) is 11.9. The first-order chi connectivity index (χ1) is 9.60. The molecule has 1 amide bonds. The zero-order valence-electron chi connectivity index (χ0n) is 11.9. The van der Waals surface area contributed by atoms with Crippen molar-refractivity contribution in [3.63, 3.8) is 0 Å². The molecule has 1 saturated heterocycles. The van der Waals surface area contributed by atoms with Crippen molar-refractivity contribution in [3.05, 3.63) is 23.8 Å². The highest BCUT2D eigenvalue weighted by molar-refractivity contribution is 5.95. The second-order valence-electron chi connectivity index (χ2n) is 4.92. The van der Waals surface area contributed by atoms with E-state index in [1.54, 1.807) is 25.3 Å². The number of ether oxygens (including phenoxy) is 2. The summed E-state index contributed by atoms with van der Waals surface area (Å²) in [5, 5.41) is 2.87. The molecule has 6 heteroatoms. The Bertz CT molecular complexity index is 479. The van der Waals surface area contributed by atoms with Gasteiger partial charge in [-0.25, -0.2) is 0 Å². The van der Waals surface area contributed by atoms with Crippen LogP contribution in [0.3, 0.4) is 0 Å². The van der Waals surface area contributed by atoms with Crippen LogP contribution < -0.4 is 15.8 Å². The van der Waals surface area contributed by atoms with Gasteiger partial charge in [0.25, 0.3) is 5.91 Å². The lowest BCUT2D eigenvalue weighted by Crippen LogP contribution is -2.45. The fraction of sp³-hybridized carbons (Fsp3) is 0.500. The van der Waals surface area contributed by atoms with Crippen LogP contribution in [-0.4, -0.2) is 57.3 Å². The molecule has 0 aromatic heterocycles. The molecule has 1 unspecified atom stereocenters. The van der Waals surface area contributed by atoms with Crippen molar-refractivity contribution in [2.24, 2.45) is 0 Å². The summed E-state index contributed by atoms with van der Waals surface area (Å²) in [6.07, 6.45) is 0.0355. The average molecular weight is 279 g/mol. The van der Waals surface area contributed by atoms with Gasteiger partial charge in [0.2, 0.25) is 0 Å². The summed E-state index contributed by atoms with van der Waals surface area (Å²) < 4.78 is 10.7. The van der Waals surface area contributed by atoms with Gasteiger partial charge in [0.15, 0.2) is 0 Å². The largest absolute Gasteiger partial charge is 0.495 e. The summed E-state index contributed by atoms with van der Waals surface area (Å²) in [5.41, 5.74) is 6.76. The molecule has 1 heterocycles. The van der Waals surface area contributed by atoms with E-state index in [0.717, 1.165) is 13.1 Å². The van der Waals surface area contributed by atoms with Crippen LogP contribution in [0.25, 0.3) is 0 Å². The minimum absolute atomic E-state index is 0.0355. The fourth-order valence-electron chi connectivity index (χ4n) is 2.17. The molecular formula is C14H21N3O3. The predicted molar refractivity (Wildman–Crippen MR) is 77.0 cm³/mol. The van der Waals surface area contributed by atoms with Crippen LogP contribution in [0, 0.1) is 0 Å². The van der Waals surface area contributed by atoms with E-state index >= 15 is 0 Å². The first-order valence-corrected chi connectivity index (χ1v) is 6.62. The van der Waals surface area contributed by atoms with E-state index in [2.05, 4.69) is 10.2 Å². The molecule has 3 N–H and O–H groups in total. The van der Waals surface area contributed by atoms with Gasteiger partial charge in [-0.2, -0.15) is 0 Å². The van der Waals surface area contributed by atoms with E-state index in [1.807, 2.05) is 7.05 Å². The van der Waals surface area contributed by atoms with Crippen LogP contribution in [0.5, 0.6) is 5.75 Å². The van der Waals surface area contributed by atoms with Crippen molar-refractivity contribution >= 4 is 11.6 Å². The summed E-state index contributed by atoms with van der Waals surface area (Å²) in [4.78, 5) is 14.2. The van der Waals surface area contributed by atoms with Crippen molar-refractivity contribution in [1.29, 1.82) is 0 Å². The van der Waals surface area contributed by atoms with E-state index in [0.29, 0.717) is 30.2 Å². The number of methoxy groups -OCH3 is 1. The van der Waals surface area contributed by atoms with Crippen molar-refractivity contribution in [1.82, 2.24) is 10.2 Å². The molecule has 1 aliphatic heterocycles. The summed E-state index contributed by atoms with van der Waals surface area (Å²) >= 11 is 0. The molecule has 6 nitrogen and oxygen atoms in total. The standard InChI is InChI=1S/C14H21N3O3/c1-17-5-6-20-11(9-17)8-16-14(18)10-3-4-13(19-2)12(15)7-10/h3-4,7,11H,5-6,8-9,15H2,1-2H3,(H,16,18). The summed E-state index contributed by atoms with van der Waals surface area (Å²) in [6, 6.07) is 5.00. The Morgan fingerprint density at radius 1 is 1.60 bits per heavy atom. The number of nitrogens with zero attached hydrogens (tertiary/aromatic N) is 1. The third kappa shape index (κ3) is 3.61. The van der Waals surface area contributed by atoms with Crippen LogP contribution >= 0.6 is 0 Å². The zero-order chi connectivity index (χ0) is 14.5. The highest BCUT2D eigenvalue weighted by Crippen LogP contribution is 2.21. The lowest BCUT2D eigenvalue weighted by Gasteiger charge is -2.30. The van der Waals surface area contributed by atoms with Gasteiger partial charge >= 0.3 is 0 Å². The van der Waals surface area contributed by atoms with Gasteiger partial charge in [-0.15, -0.1) is 0 Å². The molecule has 0 aliphatic carbocycles. The number of morpholine rings is 1. The van der Waals surface area contributed by atoms with Crippen molar-refractivity contribution in [2.75, 3.05) is 46.1 Å². The number of anilines is 1. The number of carbonyl (C=O) groups is 1. The maximum absolute atomic E-state index is 12.0. The van der Waals surface area contributed by atoms with Crippen LogP contribution in [0.15, 0.2) is 18.2 Å². The molecule has 1 aromatic carbocycles. The van der Waals surface area contributed by atoms with Gasteiger partial charge in [0.05, 0.1) is 25.5 Å². The predicted octanol–water partition coefficient (Wildman–Crippen LogP) is 0.338. The first kappa shape index (κ1) is 14.6. The molecule has 2 rings (SSSR count). The van der Waals surface area contributed by atoms with Gasteiger partial charge < -0.3 is 25.4 Å². The van der Waals surface area contributed by atoms with Crippen molar-refractivity contribution in [2.45, 2.75) is 6.10 Å². The quantitative estimate of drug-likeness (QED) is 0.777. The first-order valence-electron chi connectivity index (χ1n) is 6.62. The fourth-order valence-corrected chi connectivity index (χ4v) is 2.17. The normalized spacial score (nSPS) is 19.6. The molecule has 1 atom stereocenters.